The number of nitrogens with one attached hydrogen (secondary N) is 1. The van der Waals surface area contributed by atoms with Crippen molar-refractivity contribution in [3.8, 4) is 11.5 Å². The molecule has 128 valence electrons. The van der Waals surface area contributed by atoms with Crippen LogP contribution in [0.3, 0.4) is 0 Å². The normalized spacial score (nSPS) is 10.5. The molecule has 2 aromatic rings. The second-order valence-electron chi connectivity index (χ2n) is 4.66. The van der Waals surface area contributed by atoms with Crippen LogP contribution in [0.1, 0.15) is 16.1 Å². The molecule has 0 aliphatic heterocycles. The molecule has 0 saturated carbocycles. The zero-order valence-electron chi connectivity index (χ0n) is 12.8. The van der Waals surface area contributed by atoms with Crippen LogP contribution < -0.4 is 20.5 Å². The van der Waals surface area contributed by atoms with Crippen LogP contribution >= 0.6 is 0 Å². The van der Waals surface area contributed by atoms with Crippen LogP contribution in [0.5, 0.6) is 11.5 Å². The molecule has 3 N–H and O–H groups in total. The summed E-state index contributed by atoms with van der Waals surface area (Å²) < 4.78 is 33.9. The fraction of sp³-hybridized carbons (Fsp3) is 0.267. The Morgan fingerprint density at radius 2 is 2.04 bits per heavy atom. The molecule has 1 aromatic heterocycles. The Balaban J connectivity index is 1.95. The maximum atomic E-state index is 12.3. The summed E-state index contributed by atoms with van der Waals surface area (Å²) in [6.07, 6.45) is 3.22. The average Bonchev–Trinajstić information content (AvgIpc) is 2.56. The van der Waals surface area contributed by atoms with E-state index in [1.165, 1.54) is 25.6 Å². The van der Waals surface area contributed by atoms with Crippen molar-refractivity contribution in [2.75, 3.05) is 19.4 Å². The number of anilines is 1. The van der Waals surface area contributed by atoms with Crippen molar-refractivity contribution in [3.05, 3.63) is 41.9 Å². The highest BCUT2D eigenvalue weighted by Gasteiger charge is 2.13. The molecule has 0 radical (unpaired) electrons. The number of rotatable bonds is 7. The van der Waals surface area contributed by atoms with Crippen LogP contribution in [-0.4, -0.2) is 36.1 Å². The van der Waals surface area contributed by atoms with Crippen molar-refractivity contribution >= 4 is 11.7 Å². The second kappa shape index (κ2) is 8.04. The number of nitrogens with zero attached hydrogens (tertiary/aromatic N) is 2. The number of halogens is 2. The smallest absolute Gasteiger partial charge is 0.387 e. The number of nitrogen functional groups attached to an aromatic ring is 1. The first kappa shape index (κ1) is 17.4. The Morgan fingerprint density at radius 1 is 1.29 bits per heavy atom. The van der Waals surface area contributed by atoms with Gasteiger partial charge in [0.15, 0.2) is 23.0 Å². The number of carbonyl (C=O) groups is 1. The molecule has 0 bridgehead atoms. The van der Waals surface area contributed by atoms with E-state index in [4.69, 9.17) is 10.5 Å². The number of carbonyl (C=O) groups excluding carboxylic acids is 1. The van der Waals surface area contributed by atoms with Gasteiger partial charge in [0, 0.05) is 18.9 Å². The van der Waals surface area contributed by atoms with Crippen molar-refractivity contribution in [2.45, 2.75) is 13.0 Å². The van der Waals surface area contributed by atoms with E-state index in [0.717, 1.165) is 5.56 Å². The maximum absolute atomic E-state index is 12.3. The Kier molecular flexibility index (Phi) is 5.83. The first-order valence-corrected chi connectivity index (χ1v) is 6.97. The molecule has 0 fully saturated rings. The van der Waals surface area contributed by atoms with Gasteiger partial charge in [0.1, 0.15) is 0 Å². The van der Waals surface area contributed by atoms with Gasteiger partial charge in [-0.05, 0) is 24.1 Å². The van der Waals surface area contributed by atoms with Crippen LogP contribution in [0.25, 0.3) is 0 Å². The third kappa shape index (κ3) is 4.51. The minimum atomic E-state index is -2.93. The van der Waals surface area contributed by atoms with E-state index in [0.29, 0.717) is 13.0 Å². The summed E-state index contributed by atoms with van der Waals surface area (Å²) in [5.74, 6) is -0.250. The van der Waals surface area contributed by atoms with Crippen LogP contribution in [0.2, 0.25) is 0 Å². The van der Waals surface area contributed by atoms with Gasteiger partial charge >= 0.3 is 6.61 Å². The molecular weight excluding hydrogens is 322 g/mol. The van der Waals surface area contributed by atoms with Gasteiger partial charge < -0.3 is 20.5 Å². The lowest BCUT2D eigenvalue weighted by Crippen LogP contribution is -2.27. The van der Waals surface area contributed by atoms with Crippen molar-refractivity contribution in [1.29, 1.82) is 0 Å². The number of hydrogen-bond donors (Lipinski definition) is 2. The molecule has 9 heteroatoms. The average molecular weight is 338 g/mol. The van der Waals surface area contributed by atoms with Gasteiger partial charge in [-0.15, -0.1) is 0 Å². The van der Waals surface area contributed by atoms with Crippen LogP contribution in [0.15, 0.2) is 30.6 Å². The molecule has 0 atom stereocenters. The molecule has 7 nitrogen and oxygen atoms in total. The van der Waals surface area contributed by atoms with E-state index < -0.39 is 12.5 Å². The van der Waals surface area contributed by atoms with Gasteiger partial charge in [0.2, 0.25) is 0 Å². The van der Waals surface area contributed by atoms with Gasteiger partial charge in [0.25, 0.3) is 5.91 Å². The molecule has 1 amide bonds. The number of nitrogens with two attached hydrogens (primary N) is 1. The number of benzene rings is 1. The van der Waals surface area contributed by atoms with Gasteiger partial charge in [-0.25, -0.2) is 9.97 Å². The first-order chi connectivity index (χ1) is 11.5. The lowest BCUT2D eigenvalue weighted by molar-refractivity contribution is -0.0512. The Bertz CT molecular complexity index is 713. The summed E-state index contributed by atoms with van der Waals surface area (Å²) in [7, 11) is 1.36. The summed E-state index contributed by atoms with van der Waals surface area (Å²) in [6, 6.07) is 4.58. The van der Waals surface area contributed by atoms with E-state index in [1.807, 2.05) is 0 Å². The van der Waals surface area contributed by atoms with E-state index in [1.54, 1.807) is 12.1 Å². The maximum Gasteiger partial charge on any atom is 0.387 e. The van der Waals surface area contributed by atoms with E-state index >= 15 is 0 Å². The zero-order chi connectivity index (χ0) is 17.5. The third-order valence-electron chi connectivity index (χ3n) is 3.08. The van der Waals surface area contributed by atoms with Crippen LogP contribution in [0, 0.1) is 0 Å². The SMILES string of the molecule is COc1cc(CCNC(=O)c2nccnc2N)ccc1OC(F)F. The molecular formula is C15H16F2N4O3. The number of ether oxygens (including phenoxy) is 2. The number of methoxy groups -OCH3 is 1. The van der Waals surface area contributed by atoms with E-state index in [2.05, 4.69) is 20.0 Å². The van der Waals surface area contributed by atoms with Crippen molar-refractivity contribution in [3.63, 3.8) is 0 Å². The third-order valence-corrected chi connectivity index (χ3v) is 3.08. The van der Waals surface area contributed by atoms with Crippen molar-refractivity contribution < 1.29 is 23.0 Å². The fourth-order valence-electron chi connectivity index (χ4n) is 1.99. The molecule has 24 heavy (non-hydrogen) atoms. The van der Waals surface area contributed by atoms with Gasteiger partial charge in [-0.1, -0.05) is 6.07 Å². The van der Waals surface area contributed by atoms with Crippen molar-refractivity contribution in [1.82, 2.24) is 15.3 Å². The molecule has 1 aromatic carbocycles. The number of aromatic nitrogens is 2. The summed E-state index contributed by atoms with van der Waals surface area (Å²) >= 11 is 0. The highest BCUT2D eigenvalue weighted by atomic mass is 19.3. The lowest BCUT2D eigenvalue weighted by atomic mass is 10.1. The monoisotopic (exact) mass is 338 g/mol. The predicted octanol–water partition coefficient (Wildman–Crippen LogP) is 1.64. The topological polar surface area (TPSA) is 99.4 Å². The Hall–Kier alpha value is -2.97. The molecule has 2 rings (SSSR count). The predicted molar refractivity (Wildman–Crippen MR) is 82.1 cm³/mol. The Labute approximate surface area is 136 Å². The summed E-state index contributed by atoms with van der Waals surface area (Å²) in [5.41, 5.74) is 6.40. The fourth-order valence-corrected chi connectivity index (χ4v) is 1.99. The number of amides is 1. The second-order valence-corrected chi connectivity index (χ2v) is 4.66. The molecule has 0 unspecified atom stereocenters. The standard InChI is InChI=1S/C15H16F2N4O3/c1-23-11-8-9(2-3-10(11)24-15(16)17)4-5-21-14(22)12-13(18)20-7-6-19-12/h2-3,6-8,15H,4-5H2,1H3,(H2,18,20)(H,21,22). The molecule has 0 aliphatic rings. The molecule has 0 aliphatic carbocycles. The van der Waals surface area contributed by atoms with Crippen LogP contribution in [-0.2, 0) is 6.42 Å². The summed E-state index contributed by atoms with van der Waals surface area (Å²) in [6.45, 7) is -2.63. The molecule has 0 spiro atoms. The largest absolute Gasteiger partial charge is 0.493 e. The van der Waals surface area contributed by atoms with Gasteiger partial charge in [-0.2, -0.15) is 8.78 Å². The minimum Gasteiger partial charge on any atom is -0.493 e. The van der Waals surface area contributed by atoms with Crippen LogP contribution in [0.4, 0.5) is 14.6 Å². The van der Waals surface area contributed by atoms with Gasteiger partial charge in [-0.3, -0.25) is 4.79 Å². The van der Waals surface area contributed by atoms with Crippen molar-refractivity contribution in [2.24, 2.45) is 0 Å². The zero-order valence-corrected chi connectivity index (χ0v) is 12.8. The summed E-state index contributed by atoms with van der Waals surface area (Å²) in [5, 5.41) is 2.66. The summed E-state index contributed by atoms with van der Waals surface area (Å²) in [4.78, 5) is 19.6. The lowest BCUT2D eigenvalue weighted by Gasteiger charge is -2.11. The molecule has 1 heterocycles. The highest BCUT2D eigenvalue weighted by Crippen LogP contribution is 2.29. The minimum absolute atomic E-state index is 0.0465. The Morgan fingerprint density at radius 3 is 2.71 bits per heavy atom. The first-order valence-electron chi connectivity index (χ1n) is 6.97. The highest BCUT2D eigenvalue weighted by molar-refractivity contribution is 5.96. The van der Waals surface area contributed by atoms with E-state index in [9.17, 15) is 13.6 Å². The van der Waals surface area contributed by atoms with E-state index in [-0.39, 0.29) is 23.0 Å². The number of hydrogen-bond acceptors (Lipinski definition) is 6. The molecule has 0 saturated heterocycles. The quantitative estimate of drug-likeness (QED) is 0.796. The number of alkyl halides is 2. The van der Waals surface area contributed by atoms with Gasteiger partial charge in [0.05, 0.1) is 7.11 Å².